The van der Waals surface area contributed by atoms with E-state index < -0.39 is 17.5 Å². The number of amides is 1. The van der Waals surface area contributed by atoms with E-state index in [9.17, 15) is 19.5 Å². The van der Waals surface area contributed by atoms with Gasteiger partial charge in [-0.1, -0.05) is 30.3 Å². The number of Topliss-reactive ketones (excluding diaryl/α,β-unsaturated/α-hetero) is 1. The zero-order chi connectivity index (χ0) is 16.7. The smallest absolute Gasteiger partial charge is 0.407 e. The van der Waals surface area contributed by atoms with Gasteiger partial charge in [0, 0.05) is 19.4 Å². The second kappa shape index (κ2) is 7.76. The third kappa shape index (κ3) is 4.81. The van der Waals surface area contributed by atoms with E-state index in [1.54, 1.807) is 0 Å². The maximum Gasteiger partial charge on any atom is 0.407 e. The van der Waals surface area contributed by atoms with Crippen molar-refractivity contribution < 1.29 is 24.2 Å². The van der Waals surface area contributed by atoms with Crippen molar-refractivity contribution in [1.82, 2.24) is 5.32 Å². The van der Waals surface area contributed by atoms with Crippen LogP contribution in [0, 0.1) is 5.41 Å². The number of benzene rings is 1. The monoisotopic (exact) mass is 319 g/mol. The fraction of sp³-hybridized carbons (Fsp3) is 0.471. The summed E-state index contributed by atoms with van der Waals surface area (Å²) in [4.78, 5) is 34.9. The summed E-state index contributed by atoms with van der Waals surface area (Å²) < 4.78 is 5.09. The molecule has 1 aromatic carbocycles. The van der Waals surface area contributed by atoms with Gasteiger partial charge in [-0.25, -0.2) is 4.79 Å². The molecule has 1 fully saturated rings. The van der Waals surface area contributed by atoms with E-state index in [0.29, 0.717) is 19.3 Å². The van der Waals surface area contributed by atoms with Crippen molar-refractivity contribution in [3.05, 3.63) is 35.9 Å². The summed E-state index contributed by atoms with van der Waals surface area (Å²) in [6.07, 6.45) is 1.17. The Labute approximate surface area is 134 Å². The first-order chi connectivity index (χ1) is 11.0. The molecule has 0 aromatic heterocycles. The number of aliphatic carboxylic acids is 1. The van der Waals surface area contributed by atoms with Crippen LogP contribution in [0.5, 0.6) is 0 Å². The Morgan fingerprint density at radius 3 is 2.61 bits per heavy atom. The van der Waals surface area contributed by atoms with Gasteiger partial charge in [-0.15, -0.1) is 0 Å². The summed E-state index contributed by atoms with van der Waals surface area (Å²) in [7, 11) is 0. The van der Waals surface area contributed by atoms with E-state index in [1.165, 1.54) is 0 Å². The summed E-state index contributed by atoms with van der Waals surface area (Å²) in [5.74, 6) is -0.893. The summed E-state index contributed by atoms with van der Waals surface area (Å²) >= 11 is 0. The van der Waals surface area contributed by atoms with Crippen molar-refractivity contribution in [3.63, 3.8) is 0 Å². The van der Waals surface area contributed by atoms with Crippen LogP contribution in [-0.2, 0) is 20.9 Å². The van der Waals surface area contributed by atoms with Crippen molar-refractivity contribution >= 4 is 17.8 Å². The molecule has 0 heterocycles. The maximum atomic E-state index is 11.8. The number of carbonyl (C=O) groups excluding carboxylic acids is 2. The van der Waals surface area contributed by atoms with Crippen LogP contribution in [0.3, 0.4) is 0 Å². The SMILES string of the molecule is O=C1CCCC(CNC(=O)OCc2ccccc2)(C(=O)O)CC1. The highest BCUT2D eigenvalue weighted by Crippen LogP contribution is 2.33. The Kier molecular flexibility index (Phi) is 5.73. The first-order valence-corrected chi connectivity index (χ1v) is 7.71. The molecule has 2 N–H and O–H groups in total. The van der Waals surface area contributed by atoms with Crippen LogP contribution in [0.15, 0.2) is 30.3 Å². The first-order valence-electron chi connectivity index (χ1n) is 7.71. The van der Waals surface area contributed by atoms with Gasteiger partial charge in [0.25, 0.3) is 0 Å². The Bertz CT molecular complexity index is 572. The van der Waals surface area contributed by atoms with Crippen molar-refractivity contribution in [1.29, 1.82) is 0 Å². The number of alkyl carbamates (subject to hydrolysis) is 1. The van der Waals surface area contributed by atoms with E-state index >= 15 is 0 Å². The Morgan fingerprint density at radius 2 is 1.91 bits per heavy atom. The van der Waals surface area contributed by atoms with E-state index in [0.717, 1.165) is 5.56 Å². The van der Waals surface area contributed by atoms with Crippen LogP contribution in [0.2, 0.25) is 0 Å². The van der Waals surface area contributed by atoms with Gasteiger partial charge in [0.2, 0.25) is 0 Å². The molecule has 1 saturated carbocycles. The molecule has 0 radical (unpaired) electrons. The molecule has 1 aliphatic rings. The molecule has 23 heavy (non-hydrogen) atoms. The fourth-order valence-corrected chi connectivity index (χ4v) is 2.73. The third-order valence-electron chi connectivity index (χ3n) is 4.23. The van der Waals surface area contributed by atoms with Gasteiger partial charge in [-0.05, 0) is 24.8 Å². The number of carboxylic acid groups (broad SMARTS) is 1. The lowest BCUT2D eigenvalue weighted by Crippen LogP contribution is -2.43. The zero-order valence-corrected chi connectivity index (χ0v) is 12.9. The van der Waals surface area contributed by atoms with Crippen LogP contribution in [-0.4, -0.2) is 29.5 Å². The van der Waals surface area contributed by atoms with Gasteiger partial charge in [0.15, 0.2) is 0 Å². The van der Waals surface area contributed by atoms with E-state index in [1.807, 2.05) is 30.3 Å². The molecule has 0 spiro atoms. The Balaban J connectivity index is 1.87. The number of hydrogen-bond acceptors (Lipinski definition) is 4. The molecule has 6 heteroatoms. The second-order valence-corrected chi connectivity index (χ2v) is 5.89. The number of ether oxygens (including phenoxy) is 1. The van der Waals surface area contributed by atoms with Crippen LogP contribution < -0.4 is 5.32 Å². The number of nitrogens with one attached hydrogen (secondary N) is 1. The minimum atomic E-state index is -1.09. The van der Waals surface area contributed by atoms with Gasteiger partial charge >= 0.3 is 12.1 Å². The summed E-state index contributed by atoms with van der Waals surface area (Å²) in [5, 5.41) is 12.1. The van der Waals surface area contributed by atoms with E-state index in [-0.39, 0.29) is 31.8 Å². The van der Waals surface area contributed by atoms with Gasteiger partial charge in [0.05, 0.1) is 5.41 Å². The number of ketones is 1. The van der Waals surface area contributed by atoms with Crippen molar-refractivity contribution in [2.24, 2.45) is 5.41 Å². The van der Waals surface area contributed by atoms with E-state index in [4.69, 9.17) is 4.74 Å². The molecule has 1 unspecified atom stereocenters. The number of carbonyl (C=O) groups is 3. The van der Waals surface area contributed by atoms with Crippen LogP contribution in [0.25, 0.3) is 0 Å². The standard InChI is InChI=1S/C17H21NO5/c19-14-7-4-9-17(10-8-14,15(20)21)12-18-16(22)23-11-13-5-2-1-3-6-13/h1-3,5-6H,4,7-12H2,(H,18,22)(H,20,21). The molecule has 1 amide bonds. The highest BCUT2D eigenvalue weighted by molar-refractivity contribution is 5.82. The lowest BCUT2D eigenvalue weighted by Gasteiger charge is -2.27. The number of hydrogen-bond donors (Lipinski definition) is 2. The van der Waals surface area contributed by atoms with Crippen molar-refractivity contribution in [3.8, 4) is 0 Å². The van der Waals surface area contributed by atoms with Crippen LogP contribution in [0.1, 0.15) is 37.7 Å². The molecule has 6 nitrogen and oxygen atoms in total. The average Bonchev–Trinajstić information content (AvgIpc) is 2.74. The quantitative estimate of drug-likeness (QED) is 0.814. The molecule has 0 bridgehead atoms. The van der Waals surface area contributed by atoms with Gasteiger partial charge in [-0.3, -0.25) is 9.59 Å². The van der Waals surface area contributed by atoms with Crippen LogP contribution in [0.4, 0.5) is 4.79 Å². The van der Waals surface area contributed by atoms with Gasteiger partial charge in [-0.2, -0.15) is 0 Å². The first kappa shape index (κ1) is 17.0. The molecular weight excluding hydrogens is 298 g/mol. The molecule has 0 aliphatic heterocycles. The van der Waals surface area contributed by atoms with Crippen LogP contribution >= 0.6 is 0 Å². The Hall–Kier alpha value is -2.37. The lowest BCUT2D eigenvalue weighted by atomic mass is 9.80. The maximum absolute atomic E-state index is 11.8. The molecular formula is C17H21NO5. The highest BCUT2D eigenvalue weighted by atomic mass is 16.5. The minimum absolute atomic E-state index is 0.0246. The number of rotatable bonds is 5. The van der Waals surface area contributed by atoms with Crippen molar-refractivity contribution in [2.45, 2.75) is 38.7 Å². The number of carboxylic acids is 1. The van der Waals surface area contributed by atoms with E-state index in [2.05, 4.69) is 5.32 Å². The largest absolute Gasteiger partial charge is 0.481 e. The van der Waals surface area contributed by atoms with Gasteiger partial charge in [0.1, 0.15) is 12.4 Å². The average molecular weight is 319 g/mol. The molecule has 0 saturated heterocycles. The fourth-order valence-electron chi connectivity index (χ4n) is 2.73. The molecule has 124 valence electrons. The Morgan fingerprint density at radius 1 is 1.17 bits per heavy atom. The summed E-state index contributed by atoms with van der Waals surface area (Å²) in [5.41, 5.74) is -0.228. The summed E-state index contributed by atoms with van der Waals surface area (Å²) in [6, 6.07) is 9.23. The minimum Gasteiger partial charge on any atom is -0.481 e. The molecule has 1 aromatic rings. The second-order valence-electron chi connectivity index (χ2n) is 5.89. The lowest BCUT2D eigenvalue weighted by molar-refractivity contribution is -0.149. The topological polar surface area (TPSA) is 92.7 Å². The predicted octanol–water partition coefficient (Wildman–Crippen LogP) is 2.52. The highest BCUT2D eigenvalue weighted by Gasteiger charge is 2.40. The normalized spacial score (nSPS) is 21.3. The zero-order valence-electron chi connectivity index (χ0n) is 12.9. The summed E-state index contributed by atoms with van der Waals surface area (Å²) in [6.45, 7) is 0.106. The molecule has 1 aliphatic carbocycles. The van der Waals surface area contributed by atoms with Crippen molar-refractivity contribution in [2.75, 3.05) is 6.54 Å². The predicted molar refractivity (Wildman–Crippen MR) is 82.8 cm³/mol. The van der Waals surface area contributed by atoms with Gasteiger partial charge < -0.3 is 15.2 Å². The molecule has 2 rings (SSSR count). The molecule has 1 atom stereocenters. The third-order valence-corrected chi connectivity index (χ3v) is 4.23.